The van der Waals surface area contributed by atoms with Crippen molar-refractivity contribution in [2.45, 2.75) is 6.61 Å². The quantitative estimate of drug-likeness (QED) is 0.699. The number of nitrogens with one attached hydrogen (secondary N) is 1. The van der Waals surface area contributed by atoms with Crippen LogP contribution in [0.3, 0.4) is 0 Å². The van der Waals surface area contributed by atoms with Gasteiger partial charge in [-0.15, -0.1) is 0 Å². The SMILES string of the molecule is O=C(C=Cc1cccnc1)Nc1cccc(OCc2ccccn2)c1. The van der Waals surface area contributed by atoms with E-state index >= 15 is 0 Å². The Balaban J connectivity index is 1.57. The van der Waals surface area contributed by atoms with Crippen molar-refractivity contribution in [3.05, 3.63) is 90.5 Å². The van der Waals surface area contributed by atoms with Crippen LogP contribution in [0.4, 0.5) is 5.69 Å². The Labute approximate surface area is 146 Å². The first-order chi connectivity index (χ1) is 12.3. The number of hydrogen-bond donors (Lipinski definition) is 1. The van der Waals surface area contributed by atoms with E-state index in [9.17, 15) is 4.79 Å². The van der Waals surface area contributed by atoms with Crippen LogP contribution < -0.4 is 10.1 Å². The molecule has 0 bridgehead atoms. The molecule has 0 unspecified atom stereocenters. The molecule has 25 heavy (non-hydrogen) atoms. The molecule has 0 saturated carbocycles. The van der Waals surface area contributed by atoms with Gasteiger partial charge in [0.25, 0.3) is 0 Å². The Hall–Kier alpha value is -3.47. The zero-order valence-corrected chi connectivity index (χ0v) is 13.5. The van der Waals surface area contributed by atoms with Gasteiger partial charge in [0, 0.05) is 36.4 Å². The fourth-order valence-electron chi connectivity index (χ4n) is 2.13. The van der Waals surface area contributed by atoms with Crippen molar-refractivity contribution in [3.63, 3.8) is 0 Å². The summed E-state index contributed by atoms with van der Waals surface area (Å²) >= 11 is 0. The third-order valence-electron chi connectivity index (χ3n) is 3.33. The summed E-state index contributed by atoms with van der Waals surface area (Å²) in [6.07, 6.45) is 8.29. The molecule has 1 N–H and O–H groups in total. The number of nitrogens with zero attached hydrogens (tertiary/aromatic N) is 2. The van der Waals surface area contributed by atoms with Gasteiger partial charge in [0.2, 0.25) is 5.91 Å². The fourth-order valence-corrected chi connectivity index (χ4v) is 2.13. The maximum Gasteiger partial charge on any atom is 0.248 e. The monoisotopic (exact) mass is 331 g/mol. The van der Waals surface area contributed by atoms with Gasteiger partial charge in [-0.1, -0.05) is 18.2 Å². The minimum Gasteiger partial charge on any atom is -0.487 e. The highest BCUT2D eigenvalue weighted by Gasteiger charge is 2.01. The molecule has 0 fully saturated rings. The number of aromatic nitrogens is 2. The molecule has 0 spiro atoms. The fraction of sp³-hybridized carbons (Fsp3) is 0.0500. The van der Waals surface area contributed by atoms with E-state index in [0.29, 0.717) is 18.0 Å². The molecule has 0 aliphatic heterocycles. The van der Waals surface area contributed by atoms with Crippen molar-refractivity contribution < 1.29 is 9.53 Å². The normalized spacial score (nSPS) is 10.6. The smallest absolute Gasteiger partial charge is 0.248 e. The number of carbonyl (C=O) groups excluding carboxylic acids is 1. The van der Waals surface area contributed by atoms with Crippen molar-refractivity contribution in [2.24, 2.45) is 0 Å². The Bertz CT molecular complexity index is 849. The second kappa shape index (κ2) is 8.40. The lowest BCUT2D eigenvalue weighted by molar-refractivity contribution is -0.111. The molecule has 0 aliphatic rings. The number of ether oxygens (including phenoxy) is 1. The largest absolute Gasteiger partial charge is 0.487 e. The third-order valence-corrected chi connectivity index (χ3v) is 3.33. The van der Waals surface area contributed by atoms with E-state index in [-0.39, 0.29) is 5.91 Å². The van der Waals surface area contributed by atoms with Gasteiger partial charge in [-0.2, -0.15) is 0 Å². The lowest BCUT2D eigenvalue weighted by Crippen LogP contribution is -2.07. The van der Waals surface area contributed by atoms with Gasteiger partial charge in [0.1, 0.15) is 12.4 Å². The number of carbonyl (C=O) groups is 1. The van der Waals surface area contributed by atoms with E-state index in [0.717, 1.165) is 11.3 Å². The number of hydrogen-bond acceptors (Lipinski definition) is 4. The molecule has 0 aliphatic carbocycles. The Morgan fingerprint density at radius 3 is 2.84 bits per heavy atom. The average Bonchev–Trinajstić information content (AvgIpc) is 2.67. The zero-order chi connectivity index (χ0) is 17.3. The van der Waals surface area contributed by atoms with Crippen LogP contribution in [0.15, 0.2) is 79.3 Å². The molecule has 3 rings (SSSR count). The number of anilines is 1. The Morgan fingerprint density at radius 2 is 2.04 bits per heavy atom. The number of amides is 1. The summed E-state index contributed by atoms with van der Waals surface area (Å²) in [5.74, 6) is 0.449. The first kappa shape index (κ1) is 16.4. The van der Waals surface area contributed by atoms with E-state index in [4.69, 9.17) is 4.74 Å². The van der Waals surface area contributed by atoms with Crippen LogP contribution in [0.2, 0.25) is 0 Å². The van der Waals surface area contributed by atoms with E-state index in [1.807, 2.05) is 48.5 Å². The second-order valence-corrected chi connectivity index (χ2v) is 5.25. The van der Waals surface area contributed by atoms with Gasteiger partial charge in [-0.25, -0.2) is 0 Å². The summed E-state index contributed by atoms with van der Waals surface area (Å²) in [5, 5.41) is 2.81. The molecule has 124 valence electrons. The molecule has 5 nitrogen and oxygen atoms in total. The highest BCUT2D eigenvalue weighted by Crippen LogP contribution is 2.18. The van der Waals surface area contributed by atoms with Crippen molar-refractivity contribution in [2.75, 3.05) is 5.32 Å². The summed E-state index contributed by atoms with van der Waals surface area (Å²) in [4.78, 5) is 20.2. The minimum atomic E-state index is -0.217. The Kier molecular flexibility index (Phi) is 5.51. The maximum atomic E-state index is 12.0. The second-order valence-electron chi connectivity index (χ2n) is 5.25. The van der Waals surface area contributed by atoms with Crippen molar-refractivity contribution >= 4 is 17.7 Å². The molecule has 2 heterocycles. The average molecular weight is 331 g/mol. The van der Waals surface area contributed by atoms with Crippen LogP contribution in [0.25, 0.3) is 6.08 Å². The summed E-state index contributed by atoms with van der Waals surface area (Å²) in [6.45, 7) is 0.374. The van der Waals surface area contributed by atoms with Crippen LogP contribution in [0.1, 0.15) is 11.3 Å². The molecule has 1 amide bonds. The summed E-state index contributed by atoms with van der Waals surface area (Å²) in [7, 11) is 0. The van der Waals surface area contributed by atoms with Gasteiger partial charge in [-0.05, 0) is 42.0 Å². The minimum absolute atomic E-state index is 0.217. The standard InChI is InChI=1S/C20H17N3O2/c24-20(10-9-16-5-4-11-21-14-16)23-17-7-3-8-19(13-17)25-15-18-6-1-2-12-22-18/h1-14H,15H2,(H,23,24). The number of benzene rings is 1. The first-order valence-electron chi connectivity index (χ1n) is 7.81. The van der Waals surface area contributed by atoms with E-state index < -0.39 is 0 Å². The zero-order valence-electron chi connectivity index (χ0n) is 13.5. The predicted octanol–water partition coefficient (Wildman–Crippen LogP) is 3.71. The topological polar surface area (TPSA) is 64.1 Å². The van der Waals surface area contributed by atoms with E-state index in [1.165, 1.54) is 6.08 Å². The predicted molar refractivity (Wildman–Crippen MR) is 96.9 cm³/mol. The molecule has 3 aromatic rings. The van der Waals surface area contributed by atoms with Crippen LogP contribution in [-0.4, -0.2) is 15.9 Å². The molecule has 0 radical (unpaired) electrons. The molecular weight excluding hydrogens is 314 g/mol. The van der Waals surface area contributed by atoms with Gasteiger partial charge < -0.3 is 10.1 Å². The molecule has 1 aromatic carbocycles. The Morgan fingerprint density at radius 1 is 1.08 bits per heavy atom. The molecular formula is C20H17N3O2. The van der Waals surface area contributed by atoms with E-state index in [2.05, 4.69) is 15.3 Å². The third kappa shape index (κ3) is 5.28. The molecule has 5 heteroatoms. The van der Waals surface area contributed by atoms with Gasteiger partial charge in [0.05, 0.1) is 5.69 Å². The van der Waals surface area contributed by atoms with Crippen molar-refractivity contribution in [1.29, 1.82) is 0 Å². The van der Waals surface area contributed by atoms with Gasteiger partial charge in [-0.3, -0.25) is 14.8 Å². The van der Waals surface area contributed by atoms with E-state index in [1.54, 1.807) is 30.7 Å². The molecule has 0 atom stereocenters. The highest BCUT2D eigenvalue weighted by molar-refractivity contribution is 6.01. The number of rotatable bonds is 6. The summed E-state index contributed by atoms with van der Waals surface area (Å²) < 4.78 is 5.70. The highest BCUT2D eigenvalue weighted by atomic mass is 16.5. The van der Waals surface area contributed by atoms with Crippen molar-refractivity contribution in [1.82, 2.24) is 9.97 Å². The van der Waals surface area contributed by atoms with Gasteiger partial charge in [0.15, 0.2) is 0 Å². The van der Waals surface area contributed by atoms with Gasteiger partial charge >= 0.3 is 0 Å². The van der Waals surface area contributed by atoms with Crippen molar-refractivity contribution in [3.8, 4) is 5.75 Å². The molecule has 2 aromatic heterocycles. The van der Waals surface area contributed by atoms with Crippen LogP contribution in [0.5, 0.6) is 5.75 Å². The first-order valence-corrected chi connectivity index (χ1v) is 7.81. The lowest BCUT2D eigenvalue weighted by Gasteiger charge is -2.08. The lowest BCUT2D eigenvalue weighted by atomic mass is 10.2. The summed E-state index contributed by atoms with van der Waals surface area (Å²) in [6, 6.07) is 16.6. The van der Waals surface area contributed by atoms with Crippen LogP contribution in [-0.2, 0) is 11.4 Å². The summed E-state index contributed by atoms with van der Waals surface area (Å²) in [5.41, 5.74) is 2.38. The van der Waals surface area contributed by atoms with Crippen LogP contribution in [0, 0.1) is 0 Å². The maximum absolute atomic E-state index is 12.0. The molecule has 0 saturated heterocycles. The van der Waals surface area contributed by atoms with Crippen LogP contribution >= 0.6 is 0 Å². The number of pyridine rings is 2.